The Morgan fingerprint density at radius 1 is 1.37 bits per heavy atom. The van der Waals surface area contributed by atoms with Gasteiger partial charge in [-0.05, 0) is 38.1 Å². The lowest BCUT2D eigenvalue weighted by molar-refractivity contribution is 0.0687. The van der Waals surface area contributed by atoms with Crippen molar-refractivity contribution in [3.63, 3.8) is 0 Å². The second-order valence-corrected chi connectivity index (χ2v) is 4.18. The number of hydrogen-bond acceptors (Lipinski definition) is 3. The van der Waals surface area contributed by atoms with Gasteiger partial charge in [0, 0.05) is 12.6 Å². The van der Waals surface area contributed by atoms with Gasteiger partial charge in [-0.1, -0.05) is 0 Å². The lowest BCUT2D eigenvalue weighted by atomic mass is 10.1. The molecule has 19 heavy (non-hydrogen) atoms. The van der Waals surface area contributed by atoms with Gasteiger partial charge in [-0.2, -0.15) is 0 Å². The van der Waals surface area contributed by atoms with Gasteiger partial charge in [0.15, 0.2) is 5.69 Å². The molecular weight excluding hydrogens is 244 g/mol. The predicted octanol–water partition coefficient (Wildman–Crippen LogP) is 2.49. The van der Waals surface area contributed by atoms with Gasteiger partial charge in [-0.15, -0.1) is 0 Å². The quantitative estimate of drug-likeness (QED) is 0.917. The van der Waals surface area contributed by atoms with E-state index in [9.17, 15) is 9.90 Å². The molecule has 0 spiro atoms. The number of carboxylic acid groups (broad SMARTS) is 1. The van der Waals surface area contributed by atoms with Crippen LogP contribution in [-0.4, -0.2) is 27.2 Å². The zero-order valence-corrected chi connectivity index (χ0v) is 11.2. The van der Waals surface area contributed by atoms with Gasteiger partial charge in [0.2, 0.25) is 0 Å². The summed E-state index contributed by atoms with van der Waals surface area (Å²) < 4.78 is 6.94. The summed E-state index contributed by atoms with van der Waals surface area (Å²) in [5.41, 5.74) is 1.45. The van der Waals surface area contributed by atoms with Crippen LogP contribution >= 0.6 is 0 Å². The maximum absolute atomic E-state index is 11.3. The van der Waals surface area contributed by atoms with Crippen LogP contribution in [0.1, 0.15) is 23.2 Å². The van der Waals surface area contributed by atoms with E-state index < -0.39 is 5.97 Å². The number of benzene rings is 1. The lowest BCUT2D eigenvalue weighted by Gasteiger charge is -2.04. The average molecular weight is 260 g/mol. The summed E-state index contributed by atoms with van der Waals surface area (Å²) in [4.78, 5) is 15.6. The molecule has 0 saturated carbocycles. The van der Waals surface area contributed by atoms with Crippen LogP contribution in [-0.2, 0) is 7.05 Å². The Morgan fingerprint density at radius 2 is 2.00 bits per heavy atom. The third-order valence-electron chi connectivity index (χ3n) is 2.96. The normalized spacial score (nSPS) is 10.5. The Labute approximate surface area is 111 Å². The van der Waals surface area contributed by atoms with E-state index in [0.29, 0.717) is 18.1 Å². The van der Waals surface area contributed by atoms with Gasteiger partial charge < -0.3 is 14.4 Å². The van der Waals surface area contributed by atoms with E-state index in [1.165, 1.54) is 0 Å². The van der Waals surface area contributed by atoms with Crippen LogP contribution in [0.5, 0.6) is 5.75 Å². The minimum atomic E-state index is -0.980. The monoisotopic (exact) mass is 260 g/mol. The first-order chi connectivity index (χ1) is 9.04. The fraction of sp³-hybridized carbons (Fsp3) is 0.286. The van der Waals surface area contributed by atoms with Crippen molar-refractivity contribution in [2.75, 3.05) is 6.61 Å². The van der Waals surface area contributed by atoms with E-state index in [-0.39, 0.29) is 5.69 Å². The third-order valence-corrected chi connectivity index (χ3v) is 2.96. The van der Waals surface area contributed by atoms with Crippen molar-refractivity contribution in [2.45, 2.75) is 13.8 Å². The first-order valence-corrected chi connectivity index (χ1v) is 6.04. The highest BCUT2D eigenvalue weighted by atomic mass is 16.5. The van der Waals surface area contributed by atoms with Crippen molar-refractivity contribution in [3.8, 4) is 17.0 Å². The van der Waals surface area contributed by atoms with Crippen molar-refractivity contribution >= 4 is 5.97 Å². The minimum absolute atomic E-state index is 0.196. The molecule has 1 aromatic heterocycles. The number of carbonyl (C=O) groups is 1. The number of aryl methyl sites for hydroxylation is 1. The molecule has 2 rings (SSSR count). The predicted molar refractivity (Wildman–Crippen MR) is 71.5 cm³/mol. The van der Waals surface area contributed by atoms with Crippen molar-refractivity contribution in [2.24, 2.45) is 7.05 Å². The topological polar surface area (TPSA) is 64.4 Å². The summed E-state index contributed by atoms with van der Waals surface area (Å²) in [6.07, 6.45) is 0. The summed E-state index contributed by atoms with van der Waals surface area (Å²) in [5.74, 6) is 0.448. The van der Waals surface area contributed by atoms with Gasteiger partial charge in [0.25, 0.3) is 0 Å². The molecule has 0 atom stereocenters. The fourth-order valence-corrected chi connectivity index (χ4v) is 1.93. The van der Waals surface area contributed by atoms with Crippen molar-refractivity contribution in [1.82, 2.24) is 9.55 Å². The van der Waals surface area contributed by atoms with Gasteiger partial charge in [-0.25, -0.2) is 9.78 Å². The molecule has 0 unspecified atom stereocenters. The van der Waals surface area contributed by atoms with Crippen molar-refractivity contribution in [3.05, 3.63) is 35.8 Å². The molecule has 0 radical (unpaired) electrons. The van der Waals surface area contributed by atoms with Gasteiger partial charge in [-0.3, -0.25) is 0 Å². The number of rotatable bonds is 4. The molecule has 0 fully saturated rings. The molecule has 5 heteroatoms. The van der Waals surface area contributed by atoms with Crippen LogP contribution in [0.3, 0.4) is 0 Å². The van der Waals surface area contributed by atoms with Crippen molar-refractivity contribution in [1.29, 1.82) is 0 Å². The molecule has 1 aromatic carbocycles. The van der Waals surface area contributed by atoms with E-state index in [0.717, 1.165) is 11.3 Å². The van der Waals surface area contributed by atoms with Crippen molar-refractivity contribution < 1.29 is 14.6 Å². The molecule has 1 N–H and O–H groups in total. The van der Waals surface area contributed by atoms with Crippen LogP contribution in [0.15, 0.2) is 24.3 Å². The Kier molecular flexibility index (Phi) is 3.55. The summed E-state index contributed by atoms with van der Waals surface area (Å²) in [6.45, 7) is 4.30. The van der Waals surface area contributed by atoms with E-state index >= 15 is 0 Å². The molecular formula is C14H16N2O3. The standard InChI is InChI=1S/C14H16N2O3/c1-4-19-11-7-5-10(6-8-11)12-13(14(17)18)16(3)9(2)15-12/h5-8H,4H2,1-3H3,(H,17,18). The molecule has 1 heterocycles. The number of hydrogen-bond donors (Lipinski definition) is 1. The van der Waals surface area contributed by atoms with Crippen LogP contribution < -0.4 is 4.74 Å². The van der Waals surface area contributed by atoms with Gasteiger partial charge in [0.05, 0.1) is 6.61 Å². The molecule has 0 aliphatic rings. The number of carboxylic acids is 1. The molecule has 0 saturated heterocycles. The molecule has 0 aliphatic heterocycles. The largest absolute Gasteiger partial charge is 0.494 e. The number of nitrogens with zero attached hydrogens (tertiary/aromatic N) is 2. The summed E-state index contributed by atoms with van der Waals surface area (Å²) in [7, 11) is 1.70. The second kappa shape index (κ2) is 5.14. The summed E-state index contributed by atoms with van der Waals surface area (Å²) in [6, 6.07) is 7.27. The SMILES string of the molecule is CCOc1ccc(-c2nc(C)n(C)c2C(=O)O)cc1. The lowest BCUT2D eigenvalue weighted by Crippen LogP contribution is -2.06. The summed E-state index contributed by atoms with van der Waals surface area (Å²) in [5, 5.41) is 9.27. The maximum Gasteiger partial charge on any atom is 0.354 e. The summed E-state index contributed by atoms with van der Waals surface area (Å²) >= 11 is 0. The Bertz CT molecular complexity index is 600. The highest BCUT2D eigenvalue weighted by Crippen LogP contribution is 2.25. The second-order valence-electron chi connectivity index (χ2n) is 4.18. The van der Waals surface area contributed by atoms with E-state index in [4.69, 9.17) is 4.74 Å². The van der Waals surface area contributed by atoms with Gasteiger partial charge >= 0.3 is 5.97 Å². The highest BCUT2D eigenvalue weighted by Gasteiger charge is 2.19. The number of imidazole rings is 1. The third kappa shape index (κ3) is 2.45. The van der Waals surface area contributed by atoms with E-state index in [1.807, 2.05) is 31.2 Å². The van der Waals surface area contributed by atoms with E-state index in [1.54, 1.807) is 18.5 Å². The molecule has 0 aliphatic carbocycles. The maximum atomic E-state index is 11.3. The minimum Gasteiger partial charge on any atom is -0.494 e. The van der Waals surface area contributed by atoms with Crippen LogP contribution in [0.2, 0.25) is 0 Å². The van der Waals surface area contributed by atoms with Gasteiger partial charge in [0.1, 0.15) is 17.3 Å². The number of aromatic nitrogens is 2. The number of ether oxygens (including phenoxy) is 1. The Balaban J connectivity index is 2.47. The first kappa shape index (κ1) is 13.1. The number of aromatic carboxylic acids is 1. The Hall–Kier alpha value is -2.30. The average Bonchev–Trinajstić information content (AvgIpc) is 2.67. The smallest absolute Gasteiger partial charge is 0.354 e. The highest BCUT2D eigenvalue weighted by molar-refractivity contribution is 5.93. The van der Waals surface area contributed by atoms with Crippen LogP contribution in [0.4, 0.5) is 0 Å². The van der Waals surface area contributed by atoms with E-state index in [2.05, 4.69) is 4.98 Å². The Morgan fingerprint density at radius 3 is 2.53 bits per heavy atom. The zero-order valence-electron chi connectivity index (χ0n) is 11.2. The molecule has 100 valence electrons. The first-order valence-electron chi connectivity index (χ1n) is 6.04. The van der Waals surface area contributed by atoms with Crippen LogP contribution in [0, 0.1) is 6.92 Å². The molecule has 2 aromatic rings. The molecule has 0 amide bonds. The fourth-order valence-electron chi connectivity index (χ4n) is 1.93. The zero-order chi connectivity index (χ0) is 14.0. The molecule has 0 bridgehead atoms. The molecule has 5 nitrogen and oxygen atoms in total. The van der Waals surface area contributed by atoms with Crippen LogP contribution in [0.25, 0.3) is 11.3 Å².